The molecule has 5 nitrogen and oxygen atoms in total. The molecule has 156 valence electrons. The van der Waals surface area contributed by atoms with Crippen molar-refractivity contribution in [1.29, 1.82) is 0 Å². The highest BCUT2D eigenvalue weighted by molar-refractivity contribution is 6.32. The van der Waals surface area contributed by atoms with Gasteiger partial charge in [0, 0.05) is 16.1 Å². The molecule has 0 spiro atoms. The van der Waals surface area contributed by atoms with E-state index in [-0.39, 0.29) is 6.61 Å². The van der Waals surface area contributed by atoms with Crippen LogP contribution in [0.25, 0.3) is 0 Å². The van der Waals surface area contributed by atoms with Crippen LogP contribution in [0, 0.1) is 0 Å². The van der Waals surface area contributed by atoms with Gasteiger partial charge >= 0.3 is 0 Å². The van der Waals surface area contributed by atoms with E-state index in [1.807, 2.05) is 54.6 Å². The predicted octanol–water partition coefficient (Wildman–Crippen LogP) is 5.71. The first kappa shape index (κ1) is 21.8. The molecule has 0 aliphatic carbocycles. The lowest BCUT2D eigenvalue weighted by atomic mass is 10.2. The molecule has 0 amide bonds. The molecule has 0 aliphatic heterocycles. The highest BCUT2D eigenvalue weighted by Crippen LogP contribution is 2.37. The van der Waals surface area contributed by atoms with Gasteiger partial charge in [0.2, 0.25) is 0 Å². The van der Waals surface area contributed by atoms with Gasteiger partial charge in [0.25, 0.3) is 0 Å². The smallest absolute Gasteiger partial charge is 0.180 e. The first-order valence-corrected chi connectivity index (χ1v) is 9.99. The van der Waals surface area contributed by atoms with Crippen LogP contribution in [-0.4, -0.2) is 20.4 Å². The number of nitrogens with one attached hydrogen (secondary N) is 1. The van der Waals surface area contributed by atoms with Gasteiger partial charge in [-0.05, 0) is 29.8 Å². The van der Waals surface area contributed by atoms with E-state index in [1.54, 1.807) is 26.5 Å². The fourth-order valence-corrected chi connectivity index (χ4v) is 3.28. The minimum Gasteiger partial charge on any atom is -0.496 e. The van der Waals surface area contributed by atoms with Crippen molar-refractivity contribution in [2.45, 2.75) is 13.2 Å². The maximum atomic E-state index is 6.43. The van der Waals surface area contributed by atoms with Crippen LogP contribution >= 0.6 is 23.2 Å². The fraction of sp³-hybridized carbons (Fsp3) is 0.174. The Balaban J connectivity index is 1.67. The molecular weight excluding hydrogens is 423 g/mol. The van der Waals surface area contributed by atoms with E-state index in [2.05, 4.69) is 10.5 Å². The third-order valence-electron chi connectivity index (χ3n) is 4.35. The van der Waals surface area contributed by atoms with Crippen LogP contribution in [0.4, 0.5) is 0 Å². The van der Waals surface area contributed by atoms with Gasteiger partial charge in [-0.25, -0.2) is 0 Å². The summed E-state index contributed by atoms with van der Waals surface area (Å²) in [6.07, 6.45) is 1.67. The highest BCUT2D eigenvalue weighted by atomic mass is 35.5. The zero-order valence-electron chi connectivity index (χ0n) is 16.7. The fourth-order valence-electron chi connectivity index (χ4n) is 2.82. The molecular formula is C23H22Cl2N2O3. The van der Waals surface area contributed by atoms with E-state index in [4.69, 9.17) is 37.4 Å². The molecule has 0 heterocycles. The summed E-state index contributed by atoms with van der Waals surface area (Å²) >= 11 is 12.6. The van der Waals surface area contributed by atoms with Gasteiger partial charge in [0.1, 0.15) is 12.4 Å². The van der Waals surface area contributed by atoms with E-state index in [0.717, 1.165) is 22.4 Å². The van der Waals surface area contributed by atoms with Gasteiger partial charge in [-0.15, -0.1) is 0 Å². The summed E-state index contributed by atoms with van der Waals surface area (Å²) < 4.78 is 16.7. The van der Waals surface area contributed by atoms with Crippen LogP contribution in [0.5, 0.6) is 17.2 Å². The molecule has 3 aromatic carbocycles. The summed E-state index contributed by atoms with van der Waals surface area (Å²) in [6, 6.07) is 18.8. The van der Waals surface area contributed by atoms with Crippen molar-refractivity contribution in [3.8, 4) is 17.2 Å². The highest BCUT2D eigenvalue weighted by Gasteiger charge is 2.12. The summed E-state index contributed by atoms with van der Waals surface area (Å²) in [5.41, 5.74) is 5.66. The Hall–Kier alpha value is -2.89. The maximum Gasteiger partial charge on any atom is 0.180 e. The molecule has 0 atom stereocenters. The molecule has 0 saturated heterocycles. The molecule has 0 aromatic heterocycles. The van der Waals surface area contributed by atoms with Crippen molar-refractivity contribution in [2.75, 3.05) is 14.2 Å². The second kappa shape index (κ2) is 10.8. The molecule has 3 rings (SSSR count). The van der Waals surface area contributed by atoms with Crippen molar-refractivity contribution in [1.82, 2.24) is 5.43 Å². The van der Waals surface area contributed by atoms with Gasteiger partial charge in [0.05, 0.1) is 32.0 Å². The number of ether oxygens (including phenoxy) is 3. The summed E-state index contributed by atoms with van der Waals surface area (Å²) in [4.78, 5) is 0. The second-order valence-electron chi connectivity index (χ2n) is 6.32. The topological polar surface area (TPSA) is 52.1 Å². The normalized spacial score (nSPS) is 10.8. The molecule has 0 fully saturated rings. The SMILES string of the molecule is COc1ccccc1CN/N=C\c1cc(Cl)c(OCc2ccccc2Cl)c(OC)c1. The monoisotopic (exact) mass is 444 g/mol. The Labute approximate surface area is 186 Å². The predicted molar refractivity (Wildman–Crippen MR) is 121 cm³/mol. The van der Waals surface area contributed by atoms with Crippen LogP contribution in [0.1, 0.15) is 16.7 Å². The lowest BCUT2D eigenvalue weighted by Gasteiger charge is -2.14. The van der Waals surface area contributed by atoms with Crippen molar-refractivity contribution in [3.63, 3.8) is 0 Å². The zero-order chi connectivity index (χ0) is 21.3. The lowest BCUT2D eigenvalue weighted by Crippen LogP contribution is -2.07. The molecule has 3 aromatic rings. The van der Waals surface area contributed by atoms with E-state index in [0.29, 0.717) is 28.1 Å². The first-order valence-electron chi connectivity index (χ1n) is 9.24. The molecule has 0 aliphatic rings. The Kier molecular flexibility index (Phi) is 7.82. The maximum absolute atomic E-state index is 6.43. The Morgan fingerprint density at radius 2 is 1.57 bits per heavy atom. The number of hydrogen-bond acceptors (Lipinski definition) is 5. The van der Waals surface area contributed by atoms with Crippen LogP contribution in [0.3, 0.4) is 0 Å². The van der Waals surface area contributed by atoms with Crippen LogP contribution in [0.15, 0.2) is 65.8 Å². The van der Waals surface area contributed by atoms with Crippen molar-refractivity contribution >= 4 is 29.4 Å². The van der Waals surface area contributed by atoms with Crippen LogP contribution < -0.4 is 19.6 Å². The minimum absolute atomic E-state index is 0.281. The largest absolute Gasteiger partial charge is 0.496 e. The summed E-state index contributed by atoms with van der Waals surface area (Å²) in [6.45, 7) is 0.814. The number of hydrogen-bond donors (Lipinski definition) is 1. The van der Waals surface area contributed by atoms with Gasteiger partial charge < -0.3 is 19.6 Å². The van der Waals surface area contributed by atoms with Gasteiger partial charge in [-0.3, -0.25) is 0 Å². The van der Waals surface area contributed by atoms with E-state index < -0.39 is 0 Å². The summed E-state index contributed by atoms with van der Waals surface area (Å²) in [7, 11) is 3.21. The number of rotatable bonds is 9. The van der Waals surface area contributed by atoms with Gasteiger partial charge in [-0.2, -0.15) is 5.10 Å². The van der Waals surface area contributed by atoms with Crippen LogP contribution in [0.2, 0.25) is 10.0 Å². The van der Waals surface area contributed by atoms with Crippen molar-refractivity contribution in [2.24, 2.45) is 5.10 Å². The number of hydrazone groups is 1. The average Bonchev–Trinajstić information content (AvgIpc) is 2.77. The van der Waals surface area contributed by atoms with Gasteiger partial charge in [0.15, 0.2) is 11.5 Å². The van der Waals surface area contributed by atoms with E-state index >= 15 is 0 Å². The molecule has 0 unspecified atom stereocenters. The standard InChI is InChI=1S/C23H22Cl2N2O3/c1-28-21-10-6-4-7-17(21)14-27-26-13-16-11-20(25)23(22(12-16)29-2)30-15-18-8-3-5-9-19(18)24/h3-13,27H,14-15H2,1-2H3/b26-13-. The third-order valence-corrected chi connectivity index (χ3v) is 5.00. The molecule has 1 N–H and O–H groups in total. The third kappa shape index (κ3) is 5.59. The molecule has 7 heteroatoms. The Morgan fingerprint density at radius 3 is 2.30 bits per heavy atom. The Bertz CT molecular complexity index is 1030. The quantitative estimate of drug-likeness (QED) is 0.339. The summed E-state index contributed by atoms with van der Waals surface area (Å²) in [5, 5.41) is 5.32. The molecule has 30 heavy (non-hydrogen) atoms. The number of benzene rings is 3. The van der Waals surface area contributed by atoms with Crippen molar-refractivity contribution in [3.05, 3.63) is 87.4 Å². The Morgan fingerprint density at radius 1 is 0.867 bits per heavy atom. The second-order valence-corrected chi connectivity index (χ2v) is 7.13. The number of methoxy groups -OCH3 is 2. The van der Waals surface area contributed by atoms with Gasteiger partial charge in [-0.1, -0.05) is 59.6 Å². The zero-order valence-corrected chi connectivity index (χ0v) is 18.2. The summed E-state index contributed by atoms with van der Waals surface area (Å²) in [5.74, 6) is 1.78. The van der Waals surface area contributed by atoms with Crippen molar-refractivity contribution < 1.29 is 14.2 Å². The first-order chi connectivity index (χ1) is 14.6. The van der Waals surface area contributed by atoms with Crippen LogP contribution in [-0.2, 0) is 13.2 Å². The number of para-hydroxylation sites is 1. The molecule has 0 saturated carbocycles. The molecule has 0 radical (unpaired) electrons. The minimum atomic E-state index is 0.281. The number of halogens is 2. The van der Waals surface area contributed by atoms with E-state index in [1.165, 1.54) is 0 Å². The molecule has 0 bridgehead atoms. The number of nitrogens with zero attached hydrogens (tertiary/aromatic N) is 1. The lowest BCUT2D eigenvalue weighted by molar-refractivity contribution is 0.285. The van der Waals surface area contributed by atoms with E-state index in [9.17, 15) is 0 Å². The average molecular weight is 445 g/mol.